The number of thioether (sulfide) groups is 1. The van der Waals surface area contributed by atoms with Crippen LogP contribution in [0.25, 0.3) is 16.3 Å². The van der Waals surface area contributed by atoms with E-state index in [4.69, 9.17) is 5.10 Å². The highest BCUT2D eigenvalue weighted by Gasteiger charge is 2.27. The number of carbonyl (C=O) groups is 1. The molecule has 142 valence electrons. The number of fused-ring (bicyclic) bond motifs is 1. The van der Waals surface area contributed by atoms with Gasteiger partial charge in [-0.25, -0.2) is 0 Å². The number of likely N-dealkylation sites (N-methyl/N-ethyl adjacent to an activating group) is 1. The third-order valence-corrected chi connectivity index (χ3v) is 6.85. The average Bonchev–Trinajstić information content (AvgIpc) is 3.35. The molecular weight excluding hydrogens is 380 g/mol. The summed E-state index contributed by atoms with van der Waals surface area (Å²) in [4.78, 5) is 18.2. The van der Waals surface area contributed by atoms with Gasteiger partial charge in [-0.1, -0.05) is 24.8 Å². The molecule has 1 atom stereocenters. The zero-order valence-corrected chi connectivity index (χ0v) is 17.0. The van der Waals surface area contributed by atoms with Gasteiger partial charge in [-0.05, 0) is 37.0 Å². The fourth-order valence-electron chi connectivity index (χ4n) is 3.08. The van der Waals surface area contributed by atoms with E-state index in [0.29, 0.717) is 5.65 Å². The molecule has 4 heterocycles. The largest absolute Gasteiger partial charge is 0.339 e. The zero-order chi connectivity index (χ0) is 18.8. The SMILES string of the molecule is CCC(Sc1ccc2nnc(-c3cccs3)n2n1)C(=O)N1CCN(C)CC1. The summed E-state index contributed by atoms with van der Waals surface area (Å²) in [6.07, 6.45) is 0.773. The number of carbonyl (C=O) groups excluding carboxylic acids is 1. The van der Waals surface area contributed by atoms with Crippen LogP contribution >= 0.6 is 23.1 Å². The Bertz CT molecular complexity index is 917. The van der Waals surface area contributed by atoms with E-state index in [1.807, 2.05) is 34.5 Å². The molecule has 4 rings (SSSR count). The minimum absolute atomic E-state index is 0.125. The molecule has 0 aliphatic carbocycles. The van der Waals surface area contributed by atoms with Gasteiger partial charge in [-0.3, -0.25) is 4.79 Å². The standard InChI is InChI=1S/C18H22N6OS2/c1-3-13(18(25)23-10-8-22(2)9-11-23)27-16-7-6-15-19-20-17(24(15)21-16)14-5-4-12-26-14/h4-7,12-13H,3,8-11H2,1-2H3. The summed E-state index contributed by atoms with van der Waals surface area (Å²) in [5.74, 6) is 0.945. The molecule has 0 radical (unpaired) electrons. The molecular formula is C18H22N6OS2. The van der Waals surface area contributed by atoms with Crippen LogP contribution in [-0.2, 0) is 4.79 Å². The summed E-state index contributed by atoms with van der Waals surface area (Å²) >= 11 is 3.14. The third kappa shape index (κ3) is 3.85. The van der Waals surface area contributed by atoms with E-state index in [9.17, 15) is 4.79 Å². The molecule has 0 saturated carbocycles. The molecule has 1 unspecified atom stereocenters. The Balaban J connectivity index is 1.54. The lowest BCUT2D eigenvalue weighted by atomic mass is 10.2. The molecule has 7 nitrogen and oxygen atoms in total. The van der Waals surface area contributed by atoms with Crippen LogP contribution in [0.5, 0.6) is 0 Å². The number of amides is 1. The van der Waals surface area contributed by atoms with Gasteiger partial charge in [-0.15, -0.1) is 21.5 Å². The van der Waals surface area contributed by atoms with Crippen molar-refractivity contribution in [3.05, 3.63) is 29.6 Å². The first kappa shape index (κ1) is 18.4. The molecule has 0 N–H and O–H groups in total. The lowest BCUT2D eigenvalue weighted by molar-refractivity contribution is -0.132. The van der Waals surface area contributed by atoms with Crippen LogP contribution < -0.4 is 0 Å². The quantitative estimate of drug-likeness (QED) is 0.611. The maximum atomic E-state index is 12.9. The van der Waals surface area contributed by atoms with Crippen molar-refractivity contribution in [3.8, 4) is 10.7 Å². The second kappa shape index (κ2) is 7.95. The molecule has 1 saturated heterocycles. The van der Waals surface area contributed by atoms with Crippen molar-refractivity contribution in [1.29, 1.82) is 0 Å². The highest BCUT2D eigenvalue weighted by molar-refractivity contribution is 8.00. The van der Waals surface area contributed by atoms with Crippen LogP contribution in [-0.4, -0.2) is 74.0 Å². The van der Waals surface area contributed by atoms with Gasteiger partial charge in [0.15, 0.2) is 11.5 Å². The first-order chi connectivity index (χ1) is 13.2. The summed E-state index contributed by atoms with van der Waals surface area (Å²) in [6.45, 7) is 5.52. The maximum Gasteiger partial charge on any atom is 0.236 e. The Morgan fingerprint density at radius 1 is 1.22 bits per heavy atom. The lowest BCUT2D eigenvalue weighted by Crippen LogP contribution is -2.49. The summed E-state index contributed by atoms with van der Waals surface area (Å²) in [7, 11) is 2.09. The number of hydrogen-bond donors (Lipinski definition) is 0. The van der Waals surface area contributed by atoms with Gasteiger partial charge in [0.2, 0.25) is 5.91 Å². The topological polar surface area (TPSA) is 66.6 Å². The summed E-state index contributed by atoms with van der Waals surface area (Å²) in [6, 6.07) is 7.83. The minimum atomic E-state index is -0.125. The lowest BCUT2D eigenvalue weighted by Gasteiger charge is -2.34. The molecule has 3 aromatic rings. The van der Waals surface area contributed by atoms with Gasteiger partial charge in [0, 0.05) is 26.2 Å². The number of hydrogen-bond acceptors (Lipinski definition) is 7. The van der Waals surface area contributed by atoms with Crippen molar-refractivity contribution in [2.24, 2.45) is 0 Å². The maximum absolute atomic E-state index is 12.9. The van der Waals surface area contributed by atoms with Gasteiger partial charge >= 0.3 is 0 Å². The second-order valence-corrected chi connectivity index (χ2v) is 8.76. The van der Waals surface area contributed by atoms with Crippen LogP contribution in [0.1, 0.15) is 13.3 Å². The molecule has 3 aromatic heterocycles. The molecule has 1 aliphatic rings. The van der Waals surface area contributed by atoms with E-state index in [2.05, 4.69) is 29.1 Å². The van der Waals surface area contributed by atoms with E-state index in [1.54, 1.807) is 15.9 Å². The van der Waals surface area contributed by atoms with Crippen LogP contribution in [0.15, 0.2) is 34.7 Å². The van der Waals surface area contributed by atoms with Crippen LogP contribution in [0.3, 0.4) is 0 Å². The van der Waals surface area contributed by atoms with Gasteiger partial charge in [-0.2, -0.15) is 9.61 Å². The Morgan fingerprint density at radius 3 is 2.74 bits per heavy atom. The highest BCUT2D eigenvalue weighted by atomic mass is 32.2. The summed E-state index contributed by atoms with van der Waals surface area (Å²) in [5, 5.41) is 15.9. The normalized spacial score (nSPS) is 16.7. The van der Waals surface area contributed by atoms with Crippen molar-refractivity contribution < 1.29 is 4.79 Å². The molecule has 0 aromatic carbocycles. The van der Waals surface area contributed by atoms with Gasteiger partial charge in [0.25, 0.3) is 0 Å². The molecule has 0 bridgehead atoms. The summed E-state index contributed by atoms with van der Waals surface area (Å²) < 4.78 is 1.77. The molecule has 27 heavy (non-hydrogen) atoms. The first-order valence-electron chi connectivity index (χ1n) is 9.06. The average molecular weight is 403 g/mol. The number of aromatic nitrogens is 4. The Hall–Kier alpha value is -1.97. The zero-order valence-electron chi connectivity index (χ0n) is 15.4. The fourth-order valence-corrected chi connectivity index (χ4v) is 4.76. The van der Waals surface area contributed by atoms with Crippen LogP contribution in [0.4, 0.5) is 0 Å². The van der Waals surface area contributed by atoms with E-state index in [1.165, 1.54) is 11.8 Å². The molecule has 9 heteroatoms. The van der Waals surface area contributed by atoms with Gasteiger partial charge in [0.05, 0.1) is 10.1 Å². The van der Waals surface area contributed by atoms with Crippen LogP contribution in [0, 0.1) is 0 Å². The first-order valence-corrected chi connectivity index (χ1v) is 10.8. The molecule has 1 amide bonds. The minimum Gasteiger partial charge on any atom is -0.339 e. The second-order valence-electron chi connectivity index (χ2n) is 6.59. The van der Waals surface area contributed by atoms with Gasteiger partial charge < -0.3 is 9.80 Å². The molecule has 1 fully saturated rings. The van der Waals surface area contributed by atoms with Crippen molar-refractivity contribution >= 4 is 34.7 Å². The third-order valence-electron chi connectivity index (χ3n) is 4.70. The smallest absolute Gasteiger partial charge is 0.236 e. The molecule has 0 spiro atoms. The van der Waals surface area contributed by atoms with E-state index in [-0.39, 0.29) is 11.2 Å². The van der Waals surface area contributed by atoms with Crippen molar-refractivity contribution in [2.75, 3.05) is 33.2 Å². The number of thiophene rings is 1. The number of rotatable bonds is 5. The fraction of sp³-hybridized carbons (Fsp3) is 0.444. The Kier molecular flexibility index (Phi) is 5.42. The predicted octanol–water partition coefficient (Wildman–Crippen LogP) is 2.50. The van der Waals surface area contributed by atoms with Gasteiger partial charge in [0.1, 0.15) is 5.03 Å². The van der Waals surface area contributed by atoms with Crippen molar-refractivity contribution in [1.82, 2.24) is 29.6 Å². The van der Waals surface area contributed by atoms with E-state index in [0.717, 1.165) is 48.3 Å². The van der Waals surface area contributed by atoms with Crippen molar-refractivity contribution in [3.63, 3.8) is 0 Å². The highest BCUT2D eigenvalue weighted by Crippen LogP contribution is 2.28. The van der Waals surface area contributed by atoms with E-state index < -0.39 is 0 Å². The van der Waals surface area contributed by atoms with E-state index >= 15 is 0 Å². The Labute approximate surface area is 166 Å². The van der Waals surface area contributed by atoms with Crippen LogP contribution in [0.2, 0.25) is 0 Å². The van der Waals surface area contributed by atoms with Crippen molar-refractivity contribution in [2.45, 2.75) is 23.6 Å². The monoisotopic (exact) mass is 402 g/mol. The number of nitrogens with zero attached hydrogens (tertiary/aromatic N) is 6. The molecule has 1 aliphatic heterocycles. The Morgan fingerprint density at radius 2 is 2.04 bits per heavy atom. The summed E-state index contributed by atoms with van der Waals surface area (Å²) in [5.41, 5.74) is 0.709. The predicted molar refractivity (Wildman–Crippen MR) is 108 cm³/mol. The number of piperazine rings is 1.